The molecule has 0 saturated carbocycles. The van der Waals surface area contributed by atoms with E-state index in [0.29, 0.717) is 5.75 Å². The molecule has 1 aliphatic rings. The summed E-state index contributed by atoms with van der Waals surface area (Å²) in [5, 5.41) is 11.6. The normalized spacial score (nSPS) is 19.9. The molecule has 0 N–H and O–H groups in total. The van der Waals surface area contributed by atoms with Crippen molar-refractivity contribution in [2.45, 2.75) is 10.3 Å². The Kier molecular flexibility index (Phi) is 3.64. The molecule has 0 aromatic heterocycles. The van der Waals surface area contributed by atoms with Crippen LogP contribution in [0.15, 0.2) is 47.4 Å². The van der Waals surface area contributed by atoms with Crippen LogP contribution in [0.5, 0.6) is 0 Å². The van der Waals surface area contributed by atoms with Gasteiger partial charge in [0.05, 0.1) is 10.9 Å². The first-order chi connectivity index (χ1) is 10.00. The molecule has 3 rings (SSSR count). The van der Waals surface area contributed by atoms with Crippen LogP contribution in [0.25, 0.3) is 10.8 Å². The van der Waals surface area contributed by atoms with Gasteiger partial charge in [0.15, 0.2) is 0 Å². The largest absolute Gasteiger partial charge is 0.547 e. The van der Waals surface area contributed by atoms with Crippen LogP contribution < -0.4 is 5.11 Å². The Morgan fingerprint density at radius 3 is 2.62 bits per heavy atom. The Bertz CT molecular complexity index is 803. The van der Waals surface area contributed by atoms with Crippen LogP contribution in [0.3, 0.4) is 0 Å². The Hall–Kier alpha value is -1.57. The molecule has 1 aliphatic heterocycles. The monoisotopic (exact) mass is 322 g/mol. The molecular weight excluding hydrogens is 310 g/mol. The first-order valence-corrected chi connectivity index (χ1v) is 8.82. The number of carboxylic acids is 1. The van der Waals surface area contributed by atoms with Crippen molar-refractivity contribution in [2.75, 3.05) is 12.3 Å². The lowest BCUT2D eigenvalue weighted by atomic mass is 10.1. The predicted molar refractivity (Wildman–Crippen MR) is 79.1 cm³/mol. The average Bonchev–Trinajstić information content (AvgIpc) is 2.97. The first kappa shape index (κ1) is 14.4. The van der Waals surface area contributed by atoms with Crippen molar-refractivity contribution < 1.29 is 18.3 Å². The summed E-state index contributed by atoms with van der Waals surface area (Å²) in [4.78, 5) is 11.2. The molecule has 2 aromatic rings. The van der Waals surface area contributed by atoms with Gasteiger partial charge in [-0.1, -0.05) is 30.3 Å². The van der Waals surface area contributed by atoms with Crippen LogP contribution in [0.2, 0.25) is 0 Å². The number of aliphatic carboxylic acids is 1. The maximum absolute atomic E-state index is 12.6. The number of hydrogen-bond donors (Lipinski definition) is 0. The number of rotatable bonds is 3. The molecule has 0 bridgehead atoms. The van der Waals surface area contributed by atoms with Gasteiger partial charge in [-0.2, -0.15) is 4.31 Å². The summed E-state index contributed by atoms with van der Waals surface area (Å²) in [5.74, 6) is -0.923. The second-order valence-corrected chi connectivity index (χ2v) is 7.75. The Labute approximate surface area is 126 Å². The zero-order valence-electron chi connectivity index (χ0n) is 10.9. The van der Waals surface area contributed by atoms with Crippen LogP contribution in [0.1, 0.15) is 0 Å². The molecule has 0 amide bonds. The van der Waals surface area contributed by atoms with E-state index in [2.05, 4.69) is 0 Å². The molecule has 0 spiro atoms. The molecular formula is C14H12NO4S2-. The highest BCUT2D eigenvalue weighted by Crippen LogP contribution is 2.30. The van der Waals surface area contributed by atoms with Crippen LogP contribution in [0, 0.1) is 0 Å². The zero-order valence-corrected chi connectivity index (χ0v) is 12.6. The van der Waals surface area contributed by atoms with Gasteiger partial charge in [0.1, 0.15) is 5.37 Å². The van der Waals surface area contributed by atoms with Gasteiger partial charge < -0.3 is 9.90 Å². The third kappa shape index (κ3) is 2.52. The Morgan fingerprint density at radius 2 is 1.90 bits per heavy atom. The highest BCUT2D eigenvalue weighted by molar-refractivity contribution is 8.02. The zero-order chi connectivity index (χ0) is 15.0. The van der Waals surface area contributed by atoms with E-state index in [1.807, 2.05) is 24.3 Å². The van der Waals surface area contributed by atoms with Crippen molar-refractivity contribution in [3.8, 4) is 0 Å². The van der Waals surface area contributed by atoms with Gasteiger partial charge in [0, 0.05) is 12.3 Å². The number of carbonyl (C=O) groups excluding carboxylic acids is 1. The first-order valence-electron chi connectivity index (χ1n) is 6.33. The molecule has 0 radical (unpaired) electrons. The van der Waals surface area contributed by atoms with Crippen molar-refractivity contribution in [1.29, 1.82) is 0 Å². The fourth-order valence-corrected chi connectivity index (χ4v) is 5.38. The fraction of sp³-hybridized carbons (Fsp3) is 0.214. The number of carboxylic acid groups (broad SMARTS) is 1. The van der Waals surface area contributed by atoms with E-state index in [4.69, 9.17) is 0 Å². The van der Waals surface area contributed by atoms with Crippen molar-refractivity contribution in [2.24, 2.45) is 0 Å². The minimum atomic E-state index is -3.83. The van der Waals surface area contributed by atoms with Crippen LogP contribution in [0.4, 0.5) is 0 Å². The van der Waals surface area contributed by atoms with Gasteiger partial charge in [-0.15, -0.1) is 11.8 Å². The third-order valence-corrected chi connectivity index (χ3v) is 6.55. The average molecular weight is 322 g/mol. The number of thioether (sulfide) groups is 1. The number of nitrogens with zero attached hydrogens (tertiary/aromatic N) is 1. The van der Waals surface area contributed by atoms with Gasteiger partial charge in [0.25, 0.3) is 0 Å². The topological polar surface area (TPSA) is 77.5 Å². The second kappa shape index (κ2) is 5.32. The summed E-state index contributed by atoms with van der Waals surface area (Å²) >= 11 is 1.07. The highest BCUT2D eigenvalue weighted by atomic mass is 32.2. The fourth-order valence-electron chi connectivity index (χ4n) is 2.35. The molecule has 21 heavy (non-hydrogen) atoms. The molecule has 1 atom stereocenters. The van der Waals surface area contributed by atoms with E-state index in [1.165, 1.54) is 6.07 Å². The van der Waals surface area contributed by atoms with Crippen molar-refractivity contribution in [3.05, 3.63) is 42.5 Å². The minimum absolute atomic E-state index is 0.106. The SMILES string of the molecule is O=C([O-])[C@@H]1SCCN1S(=O)(=O)c1ccc2ccccc2c1. The molecule has 1 fully saturated rings. The molecule has 7 heteroatoms. The van der Waals surface area contributed by atoms with Gasteiger partial charge in [-0.25, -0.2) is 8.42 Å². The maximum Gasteiger partial charge on any atom is 0.244 e. The number of carbonyl (C=O) groups is 1. The van der Waals surface area contributed by atoms with E-state index in [1.54, 1.807) is 12.1 Å². The summed E-state index contributed by atoms with van der Waals surface area (Å²) in [7, 11) is -3.83. The number of sulfonamides is 1. The Balaban J connectivity index is 2.05. The van der Waals surface area contributed by atoms with Crippen molar-refractivity contribution in [1.82, 2.24) is 4.31 Å². The van der Waals surface area contributed by atoms with E-state index in [-0.39, 0.29) is 11.4 Å². The standard InChI is InChI=1S/C14H13NO4S2/c16-14(17)13-15(7-8-20-13)21(18,19)12-6-5-10-3-1-2-4-11(10)9-12/h1-6,9,13H,7-8H2,(H,16,17)/p-1/t13-/m0/s1. The summed E-state index contributed by atoms with van der Waals surface area (Å²) < 4.78 is 26.2. The molecule has 1 heterocycles. The third-order valence-electron chi connectivity index (χ3n) is 3.38. The molecule has 0 unspecified atom stereocenters. The van der Waals surface area contributed by atoms with Crippen LogP contribution in [-0.2, 0) is 14.8 Å². The minimum Gasteiger partial charge on any atom is -0.547 e. The quantitative estimate of drug-likeness (QED) is 0.829. The molecule has 5 nitrogen and oxygen atoms in total. The summed E-state index contributed by atoms with van der Waals surface area (Å²) in [5.41, 5.74) is 0. The molecule has 2 aromatic carbocycles. The second-order valence-electron chi connectivity index (χ2n) is 4.67. The van der Waals surface area contributed by atoms with E-state index in [9.17, 15) is 18.3 Å². The van der Waals surface area contributed by atoms with Crippen molar-refractivity contribution >= 4 is 38.5 Å². The summed E-state index contributed by atoms with van der Waals surface area (Å²) in [6, 6.07) is 12.2. The molecule has 0 aliphatic carbocycles. The smallest absolute Gasteiger partial charge is 0.244 e. The lowest BCUT2D eigenvalue weighted by molar-refractivity contribution is -0.306. The van der Waals surface area contributed by atoms with E-state index in [0.717, 1.165) is 26.8 Å². The van der Waals surface area contributed by atoms with Gasteiger partial charge in [0.2, 0.25) is 10.0 Å². The van der Waals surface area contributed by atoms with Gasteiger partial charge >= 0.3 is 0 Å². The van der Waals surface area contributed by atoms with E-state index >= 15 is 0 Å². The number of hydrogen-bond acceptors (Lipinski definition) is 5. The lowest BCUT2D eigenvalue weighted by Gasteiger charge is -2.23. The van der Waals surface area contributed by atoms with Crippen molar-refractivity contribution in [3.63, 3.8) is 0 Å². The Morgan fingerprint density at radius 1 is 1.19 bits per heavy atom. The van der Waals surface area contributed by atoms with Crippen LogP contribution in [-0.4, -0.2) is 36.4 Å². The maximum atomic E-state index is 12.6. The van der Waals surface area contributed by atoms with Crippen LogP contribution >= 0.6 is 11.8 Å². The summed E-state index contributed by atoms with van der Waals surface area (Å²) in [6.07, 6.45) is 0. The number of fused-ring (bicyclic) bond motifs is 1. The van der Waals surface area contributed by atoms with Gasteiger partial charge in [-0.05, 0) is 22.9 Å². The predicted octanol–water partition coefficient (Wildman–Crippen LogP) is 0.653. The highest BCUT2D eigenvalue weighted by Gasteiger charge is 2.36. The van der Waals surface area contributed by atoms with Gasteiger partial charge in [-0.3, -0.25) is 0 Å². The summed E-state index contributed by atoms with van der Waals surface area (Å²) in [6.45, 7) is 0.179. The van der Waals surface area contributed by atoms with E-state index < -0.39 is 21.4 Å². The molecule has 110 valence electrons. The number of benzene rings is 2. The molecule has 1 saturated heterocycles. The lowest BCUT2D eigenvalue weighted by Crippen LogP contribution is -2.45.